The van der Waals surface area contributed by atoms with E-state index in [1.165, 1.54) is 5.56 Å². The van der Waals surface area contributed by atoms with Crippen LogP contribution in [0, 0.1) is 11.8 Å². The molecule has 146 valence electrons. The van der Waals surface area contributed by atoms with Crippen LogP contribution in [-0.4, -0.2) is 34.6 Å². The minimum absolute atomic E-state index is 0.0445. The van der Waals surface area contributed by atoms with Gasteiger partial charge in [-0.15, -0.1) is 0 Å². The van der Waals surface area contributed by atoms with Crippen LogP contribution in [0.3, 0.4) is 0 Å². The van der Waals surface area contributed by atoms with Crippen LogP contribution in [0.4, 0.5) is 0 Å². The Labute approximate surface area is 172 Å². The van der Waals surface area contributed by atoms with Gasteiger partial charge < -0.3 is 10.0 Å². The molecule has 3 rings (SSSR count). The minimum atomic E-state index is -1.21. The van der Waals surface area contributed by atoms with E-state index in [-0.39, 0.29) is 17.9 Å². The van der Waals surface area contributed by atoms with Gasteiger partial charge in [-0.3, -0.25) is 4.79 Å². The van der Waals surface area contributed by atoms with Crippen LogP contribution in [0.25, 0.3) is 0 Å². The summed E-state index contributed by atoms with van der Waals surface area (Å²) in [7, 11) is 0. The third-order valence-corrected chi connectivity index (χ3v) is 5.26. The predicted octanol–water partition coefficient (Wildman–Crippen LogP) is 4.66. The molecular weight excluding hydrogens is 370 g/mol. The molecule has 0 bridgehead atoms. The lowest BCUT2D eigenvalue weighted by Crippen LogP contribution is -2.49. The highest BCUT2D eigenvalue weighted by atomic mass is 35.5. The minimum Gasteiger partial charge on any atom is -0.376 e. The Hall–Kier alpha value is -2.28. The Balaban J connectivity index is 1.74. The van der Waals surface area contributed by atoms with E-state index in [2.05, 4.69) is 32.6 Å². The zero-order valence-electron chi connectivity index (χ0n) is 16.6. The average molecular weight is 396 g/mol. The number of nitrogens with zero attached hydrogens (tertiary/aromatic N) is 1. The molecule has 3 nitrogen and oxygen atoms in total. The van der Waals surface area contributed by atoms with Gasteiger partial charge in [0.25, 0.3) is 5.91 Å². The molecule has 1 unspecified atom stereocenters. The summed E-state index contributed by atoms with van der Waals surface area (Å²) in [4.78, 5) is 14.6. The fourth-order valence-electron chi connectivity index (χ4n) is 3.36. The van der Waals surface area contributed by atoms with Gasteiger partial charge in [-0.2, -0.15) is 0 Å². The third kappa shape index (κ3) is 4.95. The molecular formula is C24H26ClNO2. The van der Waals surface area contributed by atoms with Gasteiger partial charge in [0.15, 0.2) is 0 Å². The molecule has 1 fully saturated rings. The Bertz CT molecular complexity index is 918. The van der Waals surface area contributed by atoms with Crippen molar-refractivity contribution in [2.45, 2.75) is 44.6 Å². The number of carbonyl (C=O) groups excluding carboxylic acids is 1. The number of hydrogen-bond donors (Lipinski definition) is 1. The lowest BCUT2D eigenvalue weighted by molar-refractivity contribution is 0.0153. The zero-order chi connectivity index (χ0) is 20.4. The van der Waals surface area contributed by atoms with Gasteiger partial charge in [-0.1, -0.05) is 62.4 Å². The molecule has 0 aromatic heterocycles. The fourth-order valence-corrected chi connectivity index (χ4v) is 3.55. The Kier molecular flexibility index (Phi) is 5.84. The predicted molar refractivity (Wildman–Crippen MR) is 114 cm³/mol. The topological polar surface area (TPSA) is 40.5 Å². The van der Waals surface area contributed by atoms with Crippen molar-refractivity contribution in [1.82, 2.24) is 4.90 Å². The molecule has 0 radical (unpaired) electrons. The van der Waals surface area contributed by atoms with Crippen molar-refractivity contribution >= 4 is 17.5 Å². The molecule has 1 atom stereocenters. The third-order valence-electron chi connectivity index (χ3n) is 5.02. The SMILES string of the molecule is CC(C)(C)c1ccc(C(=O)N2CCCC(O)(C#Cc3cccc(Cl)c3)C2)cc1. The lowest BCUT2D eigenvalue weighted by Gasteiger charge is -2.36. The summed E-state index contributed by atoms with van der Waals surface area (Å²) in [5, 5.41) is 11.5. The van der Waals surface area contributed by atoms with Crippen LogP contribution in [-0.2, 0) is 5.41 Å². The number of benzene rings is 2. The largest absolute Gasteiger partial charge is 0.376 e. The molecule has 0 aliphatic carbocycles. The maximum atomic E-state index is 12.9. The van der Waals surface area contributed by atoms with Crippen LogP contribution >= 0.6 is 11.6 Å². The smallest absolute Gasteiger partial charge is 0.253 e. The van der Waals surface area contributed by atoms with E-state index in [9.17, 15) is 9.90 Å². The molecule has 0 saturated carbocycles. The van der Waals surface area contributed by atoms with Gasteiger partial charge >= 0.3 is 0 Å². The molecule has 2 aromatic carbocycles. The Morgan fingerprint density at radius 2 is 1.89 bits per heavy atom. The van der Waals surface area contributed by atoms with Crippen molar-refractivity contribution in [3.8, 4) is 11.8 Å². The highest BCUT2D eigenvalue weighted by Gasteiger charge is 2.34. The number of halogens is 1. The number of rotatable bonds is 1. The highest BCUT2D eigenvalue weighted by molar-refractivity contribution is 6.30. The maximum Gasteiger partial charge on any atom is 0.253 e. The van der Waals surface area contributed by atoms with E-state index in [0.717, 1.165) is 5.56 Å². The van der Waals surface area contributed by atoms with Crippen LogP contribution in [0.1, 0.15) is 55.1 Å². The first-order valence-electron chi connectivity index (χ1n) is 9.57. The summed E-state index contributed by atoms with van der Waals surface area (Å²) >= 11 is 5.99. The second-order valence-corrected chi connectivity index (χ2v) is 8.89. The van der Waals surface area contributed by atoms with Gasteiger partial charge in [0.1, 0.15) is 5.60 Å². The van der Waals surface area contributed by atoms with Crippen LogP contribution in [0.15, 0.2) is 48.5 Å². The molecule has 2 aromatic rings. The van der Waals surface area contributed by atoms with Gasteiger partial charge in [0.2, 0.25) is 0 Å². The van der Waals surface area contributed by atoms with E-state index in [1.54, 1.807) is 17.0 Å². The van der Waals surface area contributed by atoms with Gasteiger partial charge in [0, 0.05) is 22.7 Å². The summed E-state index contributed by atoms with van der Waals surface area (Å²) in [5.74, 6) is 5.89. The summed E-state index contributed by atoms with van der Waals surface area (Å²) < 4.78 is 0. The van der Waals surface area contributed by atoms with Crippen molar-refractivity contribution in [3.05, 3.63) is 70.2 Å². The lowest BCUT2D eigenvalue weighted by atomic mass is 9.86. The summed E-state index contributed by atoms with van der Waals surface area (Å²) in [6, 6.07) is 15.0. The van der Waals surface area contributed by atoms with E-state index in [4.69, 9.17) is 11.6 Å². The average Bonchev–Trinajstić information content (AvgIpc) is 2.65. The first-order chi connectivity index (χ1) is 13.2. The van der Waals surface area contributed by atoms with E-state index >= 15 is 0 Å². The number of aliphatic hydroxyl groups is 1. The molecule has 28 heavy (non-hydrogen) atoms. The Morgan fingerprint density at radius 1 is 1.18 bits per heavy atom. The maximum absolute atomic E-state index is 12.9. The first kappa shape index (κ1) is 20.5. The van der Waals surface area contributed by atoms with Crippen LogP contribution < -0.4 is 0 Å². The van der Waals surface area contributed by atoms with Crippen LogP contribution in [0.5, 0.6) is 0 Å². The molecule has 0 spiro atoms. The zero-order valence-corrected chi connectivity index (χ0v) is 17.4. The summed E-state index contributed by atoms with van der Waals surface area (Å²) in [6.45, 7) is 7.27. The number of carbonyl (C=O) groups is 1. The Morgan fingerprint density at radius 3 is 2.54 bits per heavy atom. The number of piperidine rings is 1. The quantitative estimate of drug-likeness (QED) is 0.713. The van der Waals surface area contributed by atoms with Crippen LogP contribution in [0.2, 0.25) is 5.02 Å². The van der Waals surface area contributed by atoms with E-state index in [0.29, 0.717) is 30.0 Å². The molecule has 4 heteroatoms. The van der Waals surface area contributed by atoms with Gasteiger partial charge in [0.05, 0.1) is 6.54 Å². The van der Waals surface area contributed by atoms with Crippen molar-refractivity contribution in [2.24, 2.45) is 0 Å². The fraction of sp³-hybridized carbons (Fsp3) is 0.375. The number of β-amino-alcohol motifs (C(OH)–C–C–N with tert-alkyl or cyclic N) is 1. The normalized spacial score (nSPS) is 19.7. The summed E-state index contributed by atoms with van der Waals surface area (Å²) in [6.07, 6.45) is 1.26. The second kappa shape index (κ2) is 7.99. The molecule has 1 amide bonds. The molecule has 1 N–H and O–H groups in total. The number of hydrogen-bond acceptors (Lipinski definition) is 2. The second-order valence-electron chi connectivity index (χ2n) is 8.45. The number of likely N-dealkylation sites (tertiary alicyclic amines) is 1. The molecule has 1 aliphatic heterocycles. The monoisotopic (exact) mass is 395 g/mol. The van der Waals surface area contributed by atoms with Crippen molar-refractivity contribution in [3.63, 3.8) is 0 Å². The van der Waals surface area contributed by atoms with Gasteiger partial charge in [-0.25, -0.2) is 0 Å². The summed E-state index contributed by atoms with van der Waals surface area (Å²) in [5.41, 5.74) is 1.42. The molecule has 1 saturated heterocycles. The van der Waals surface area contributed by atoms with Crippen molar-refractivity contribution < 1.29 is 9.90 Å². The van der Waals surface area contributed by atoms with Gasteiger partial charge in [-0.05, 0) is 54.2 Å². The number of amides is 1. The van der Waals surface area contributed by atoms with E-state index in [1.807, 2.05) is 36.4 Å². The molecule has 1 heterocycles. The van der Waals surface area contributed by atoms with Crippen molar-refractivity contribution in [1.29, 1.82) is 0 Å². The first-order valence-corrected chi connectivity index (χ1v) is 9.95. The molecule has 1 aliphatic rings. The highest BCUT2D eigenvalue weighted by Crippen LogP contribution is 2.25. The standard InChI is InChI=1S/C24H26ClNO2/c1-23(2,3)20-10-8-19(9-11-20)22(27)26-15-5-13-24(28,17-26)14-12-18-6-4-7-21(25)16-18/h4,6-11,16,28H,5,13,15,17H2,1-3H3. The van der Waals surface area contributed by atoms with Crippen molar-refractivity contribution in [2.75, 3.05) is 13.1 Å². The van der Waals surface area contributed by atoms with E-state index < -0.39 is 5.60 Å².